The fourth-order valence-corrected chi connectivity index (χ4v) is 3.80. The quantitative estimate of drug-likeness (QED) is 0.315. The molecule has 29 heavy (non-hydrogen) atoms. The van der Waals surface area contributed by atoms with Gasteiger partial charge in [-0.3, -0.25) is 14.7 Å². The van der Waals surface area contributed by atoms with Gasteiger partial charge in [-0.05, 0) is 30.4 Å². The summed E-state index contributed by atoms with van der Waals surface area (Å²) in [6, 6.07) is 8.90. The topological polar surface area (TPSA) is 80.2 Å². The number of hydrogen-bond donors (Lipinski definition) is 3. The first-order valence-electron chi connectivity index (χ1n) is 10.2. The van der Waals surface area contributed by atoms with Crippen molar-refractivity contribution in [2.75, 3.05) is 33.7 Å². The van der Waals surface area contributed by atoms with Crippen LogP contribution in [0.25, 0.3) is 0 Å². The standard InChI is InChI=1S/C21H33N5O2.HI/c1-22-21(24-18-7-8-20(28)25(2)15-18)23-13-16-3-5-17(6-4-16)14-26-11-9-19(27)10-12-26;/h3-6,18-19,27H,7-15H2,1-2H3,(H2,22,23,24);1H. The third-order valence-electron chi connectivity index (χ3n) is 5.64. The van der Waals surface area contributed by atoms with Crippen LogP contribution in [0.1, 0.15) is 36.8 Å². The van der Waals surface area contributed by atoms with E-state index < -0.39 is 0 Å². The van der Waals surface area contributed by atoms with Gasteiger partial charge in [-0.1, -0.05) is 24.3 Å². The highest BCUT2D eigenvalue weighted by atomic mass is 127. The number of rotatable bonds is 5. The normalized spacial score (nSPS) is 21.6. The highest BCUT2D eigenvalue weighted by Gasteiger charge is 2.23. The van der Waals surface area contributed by atoms with Crippen molar-refractivity contribution in [3.63, 3.8) is 0 Å². The van der Waals surface area contributed by atoms with Crippen LogP contribution in [0.3, 0.4) is 0 Å². The molecule has 3 N–H and O–H groups in total. The summed E-state index contributed by atoms with van der Waals surface area (Å²) in [4.78, 5) is 20.1. The number of amides is 1. The van der Waals surface area contributed by atoms with Gasteiger partial charge in [0.25, 0.3) is 0 Å². The van der Waals surface area contributed by atoms with E-state index in [2.05, 4.69) is 44.8 Å². The van der Waals surface area contributed by atoms with Gasteiger partial charge in [-0.25, -0.2) is 0 Å². The second kappa shape index (κ2) is 11.7. The van der Waals surface area contributed by atoms with Crippen LogP contribution < -0.4 is 10.6 Å². The van der Waals surface area contributed by atoms with Crippen LogP contribution in [0.5, 0.6) is 0 Å². The Kier molecular flexibility index (Phi) is 9.64. The number of benzene rings is 1. The molecule has 0 saturated carbocycles. The molecule has 3 rings (SSSR count). The van der Waals surface area contributed by atoms with E-state index in [1.54, 1.807) is 11.9 Å². The number of likely N-dealkylation sites (tertiary alicyclic amines) is 2. The lowest BCUT2D eigenvalue weighted by molar-refractivity contribution is -0.132. The van der Waals surface area contributed by atoms with E-state index in [0.29, 0.717) is 19.5 Å². The minimum absolute atomic E-state index is 0. The maximum atomic E-state index is 11.6. The zero-order valence-electron chi connectivity index (χ0n) is 17.4. The third-order valence-corrected chi connectivity index (χ3v) is 5.64. The number of halogens is 1. The molecule has 7 nitrogen and oxygen atoms in total. The number of guanidine groups is 1. The number of nitrogens with one attached hydrogen (secondary N) is 2. The fourth-order valence-electron chi connectivity index (χ4n) is 3.80. The first-order chi connectivity index (χ1) is 13.5. The van der Waals surface area contributed by atoms with Gasteiger partial charge >= 0.3 is 0 Å². The summed E-state index contributed by atoms with van der Waals surface area (Å²) in [6.45, 7) is 4.29. The molecule has 2 heterocycles. The number of carbonyl (C=O) groups excluding carboxylic acids is 1. The lowest BCUT2D eigenvalue weighted by Gasteiger charge is -2.31. The average molecular weight is 515 g/mol. The summed E-state index contributed by atoms with van der Waals surface area (Å²) < 4.78 is 0. The Labute approximate surface area is 191 Å². The van der Waals surface area contributed by atoms with Gasteiger partial charge < -0.3 is 20.6 Å². The van der Waals surface area contributed by atoms with E-state index in [9.17, 15) is 9.90 Å². The molecule has 2 fully saturated rings. The molecule has 1 amide bonds. The molecule has 1 unspecified atom stereocenters. The summed E-state index contributed by atoms with van der Waals surface area (Å²) in [5, 5.41) is 16.4. The summed E-state index contributed by atoms with van der Waals surface area (Å²) in [6.07, 6.45) is 3.05. The molecule has 0 aliphatic carbocycles. The van der Waals surface area contributed by atoms with E-state index >= 15 is 0 Å². The summed E-state index contributed by atoms with van der Waals surface area (Å²) in [5.74, 6) is 0.977. The predicted molar refractivity (Wildman–Crippen MR) is 126 cm³/mol. The molecule has 0 aromatic heterocycles. The van der Waals surface area contributed by atoms with Gasteiger partial charge in [-0.15, -0.1) is 24.0 Å². The van der Waals surface area contributed by atoms with Crippen molar-refractivity contribution in [2.24, 2.45) is 4.99 Å². The lowest BCUT2D eigenvalue weighted by Crippen LogP contribution is -2.51. The molecule has 0 bridgehead atoms. The number of aliphatic imine (C=N–C) groups is 1. The number of carbonyl (C=O) groups is 1. The largest absolute Gasteiger partial charge is 0.393 e. The van der Waals surface area contributed by atoms with Crippen molar-refractivity contribution in [1.29, 1.82) is 0 Å². The minimum atomic E-state index is -0.123. The Bertz CT molecular complexity index is 674. The van der Waals surface area contributed by atoms with Crippen LogP contribution in [-0.2, 0) is 17.9 Å². The number of piperidine rings is 2. The SMILES string of the molecule is CN=C(NCc1ccc(CN2CCC(O)CC2)cc1)NC1CCC(=O)N(C)C1.I. The van der Waals surface area contributed by atoms with Gasteiger partial charge in [0.2, 0.25) is 5.91 Å². The first-order valence-corrected chi connectivity index (χ1v) is 10.2. The molecule has 0 spiro atoms. The van der Waals surface area contributed by atoms with Crippen LogP contribution in [0.2, 0.25) is 0 Å². The molecule has 8 heteroatoms. The van der Waals surface area contributed by atoms with E-state index in [4.69, 9.17) is 0 Å². The number of hydrogen-bond acceptors (Lipinski definition) is 4. The zero-order chi connectivity index (χ0) is 19.9. The van der Waals surface area contributed by atoms with E-state index in [-0.39, 0.29) is 42.0 Å². The molecule has 2 saturated heterocycles. The number of aliphatic hydroxyl groups excluding tert-OH is 1. The highest BCUT2D eigenvalue weighted by Crippen LogP contribution is 2.14. The van der Waals surface area contributed by atoms with Gasteiger partial charge in [0.05, 0.1) is 6.10 Å². The van der Waals surface area contributed by atoms with Gasteiger partial charge in [0.15, 0.2) is 5.96 Å². The summed E-state index contributed by atoms with van der Waals surface area (Å²) in [7, 11) is 3.62. The van der Waals surface area contributed by atoms with Crippen molar-refractivity contribution >= 4 is 35.8 Å². The molecular weight excluding hydrogens is 481 g/mol. The number of likely N-dealkylation sites (N-methyl/N-ethyl adjacent to an activating group) is 1. The Morgan fingerprint density at radius 2 is 1.83 bits per heavy atom. The molecule has 162 valence electrons. The predicted octanol–water partition coefficient (Wildman–Crippen LogP) is 1.55. The van der Waals surface area contributed by atoms with E-state index in [0.717, 1.165) is 44.9 Å². The first kappa shape index (κ1) is 23.9. The van der Waals surface area contributed by atoms with Crippen molar-refractivity contribution in [3.8, 4) is 0 Å². The Morgan fingerprint density at radius 3 is 2.45 bits per heavy atom. The van der Waals surface area contributed by atoms with Crippen molar-refractivity contribution < 1.29 is 9.90 Å². The second-order valence-electron chi connectivity index (χ2n) is 7.90. The molecule has 0 radical (unpaired) electrons. The van der Waals surface area contributed by atoms with Crippen LogP contribution in [-0.4, -0.2) is 72.6 Å². The van der Waals surface area contributed by atoms with Crippen molar-refractivity contribution in [2.45, 2.75) is 50.9 Å². The fraction of sp³-hybridized carbons (Fsp3) is 0.619. The average Bonchev–Trinajstić information content (AvgIpc) is 2.70. The molecule has 1 aromatic rings. The van der Waals surface area contributed by atoms with Gasteiger partial charge in [-0.2, -0.15) is 0 Å². The Hall–Kier alpha value is -1.39. The molecule has 2 aliphatic heterocycles. The highest BCUT2D eigenvalue weighted by molar-refractivity contribution is 14.0. The van der Waals surface area contributed by atoms with Crippen LogP contribution in [0, 0.1) is 0 Å². The van der Waals surface area contributed by atoms with E-state index in [1.807, 2.05) is 7.05 Å². The molecule has 1 atom stereocenters. The van der Waals surface area contributed by atoms with Crippen LogP contribution in [0.15, 0.2) is 29.3 Å². The molecule has 2 aliphatic rings. The smallest absolute Gasteiger partial charge is 0.222 e. The van der Waals surface area contributed by atoms with Crippen LogP contribution >= 0.6 is 24.0 Å². The maximum Gasteiger partial charge on any atom is 0.222 e. The van der Waals surface area contributed by atoms with Crippen LogP contribution in [0.4, 0.5) is 0 Å². The zero-order valence-corrected chi connectivity index (χ0v) is 19.8. The second-order valence-corrected chi connectivity index (χ2v) is 7.90. The monoisotopic (exact) mass is 515 g/mol. The maximum absolute atomic E-state index is 11.6. The Morgan fingerprint density at radius 1 is 1.17 bits per heavy atom. The number of nitrogens with zero attached hydrogens (tertiary/aromatic N) is 3. The lowest BCUT2D eigenvalue weighted by atomic mass is 10.1. The molecule has 1 aromatic carbocycles. The van der Waals surface area contributed by atoms with Crippen molar-refractivity contribution in [3.05, 3.63) is 35.4 Å². The summed E-state index contributed by atoms with van der Waals surface area (Å²) >= 11 is 0. The van der Waals surface area contributed by atoms with Gasteiger partial charge in [0.1, 0.15) is 0 Å². The minimum Gasteiger partial charge on any atom is -0.393 e. The van der Waals surface area contributed by atoms with Gasteiger partial charge in [0, 0.05) is 59.3 Å². The summed E-state index contributed by atoms with van der Waals surface area (Å²) in [5.41, 5.74) is 2.51. The third kappa shape index (κ3) is 7.42. The Balaban J connectivity index is 0.00000300. The van der Waals surface area contributed by atoms with Crippen molar-refractivity contribution in [1.82, 2.24) is 20.4 Å². The van der Waals surface area contributed by atoms with E-state index in [1.165, 1.54) is 11.1 Å². The molecular formula is C21H34IN5O2. The number of aliphatic hydroxyl groups is 1.